The first-order valence-corrected chi connectivity index (χ1v) is 9.11. The first-order chi connectivity index (χ1) is 10.2. The van der Waals surface area contributed by atoms with Crippen molar-refractivity contribution < 1.29 is 4.79 Å². The Bertz CT molecular complexity index is 323. The highest BCUT2D eigenvalue weighted by Crippen LogP contribution is 2.33. The van der Waals surface area contributed by atoms with E-state index in [2.05, 4.69) is 24.1 Å². The van der Waals surface area contributed by atoms with Gasteiger partial charge in [-0.15, -0.1) is 0 Å². The Morgan fingerprint density at radius 1 is 1.19 bits per heavy atom. The molecule has 1 amide bonds. The highest BCUT2D eigenvalue weighted by Gasteiger charge is 2.33. The SMILES string of the molecule is CCCCC1CCC(C(=O)N2CCC(NC)C(C)C2)CC1. The molecule has 2 fully saturated rings. The first kappa shape index (κ1) is 16.8. The van der Waals surface area contributed by atoms with Gasteiger partial charge in [-0.05, 0) is 51.0 Å². The molecule has 1 saturated carbocycles. The maximum absolute atomic E-state index is 12.7. The Hall–Kier alpha value is -0.570. The molecule has 1 saturated heterocycles. The van der Waals surface area contributed by atoms with Gasteiger partial charge in [-0.25, -0.2) is 0 Å². The van der Waals surface area contributed by atoms with Crippen LogP contribution in [0, 0.1) is 17.8 Å². The summed E-state index contributed by atoms with van der Waals surface area (Å²) in [5, 5.41) is 3.38. The van der Waals surface area contributed by atoms with Crippen molar-refractivity contribution in [1.29, 1.82) is 0 Å². The van der Waals surface area contributed by atoms with Crippen LogP contribution in [0.3, 0.4) is 0 Å². The molecule has 0 aromatic heterocycles. The third kappa shape index (κ3) is 4.45. The summed E-state index contributed by atoms with van der Waals surface area (Å²) in [6, 6.07) is 0.582. The molecule has 0 aromatic carbocycles. The molecular weight excluding hydrogens is 260 g/mol. The summed E-state index contributed by atoms with van der Waals surface area (Å²) in [4.78, 5) is 14.9. The van der Waals surface area contributed by atoms with E-state index in [0.29, 0.717) is 23.8 Å². The number of nitrogens with zero attached hydrogens (tertiary/aromatic N) is 1. The van der Waals surface area contributed by atoms with E-state index >= 15 is 0 Å². The van der Waals surface area contributed by atoms with Gasteiger partial charge in [-0.3, -0.25) is 4.79 Å². The standard InChI is InChI=1S/C18H34N2O/c1-4-5-6-15-7-9-16(10-8-15)18(21)20-12-11-17(19-3)14(2)13-20/h14-17,19H,4-13H2,1-3H3. The number of carbonyl (C=O) groups is 1. The van der Waals surface area contributed by atoms with Gasteiger partial charge in [0.2, 0.25) is 5.91 Å². The molecule has 2 atom stereocenters. The zero-order valence-electron chi connectivity index (χ0n) is 14.2. The molecule has 0 spiro atoms. The topological polar surface area (TPSA) is 32.3 Å². The molecule has 0 radical (unpaired) electrons. The van der Waals surface area contributed by atoms with Crippen molar-refractivity contribution in [3.63, 3.8) is 0 Å². The zero-order valence-corrected chi connectivity index (χ0v) is 14.2. The van der Waals surface area contributed by atoms with E-state index in [9.17, 15) is 4.79 Å². The number of piperidine rings is 1. The van der Waals surface area contributed by atoms with Gasteiger partial charge in [0.05, 0.1) is 0 Å². The van der Waals surface area contributed by atoms with Gasteiger partial charge in [0.15, 0.2) is 0 Å². The number of nitrogens with one attached hydrogen (secondary N) is 1. The van der Waals surface area contributed by atoms with Crippen LogP contribution >= 0.6 is 0 Å². The molecule has 0 bridgehead atoms. The number of rotatable bonds is 5. The monoisotopic (exact) mass is 294 g/mol. The summed E-state index contributed by atoms with van der Waals surface area (Å²) in [5.41, 5.74) is 0. The lowest BCUT2D eigenvalue weighted by Crippen LogP contribution is -2.50. The maximum atomic E-state index is 12.7. The Kier molecular flexibility index (Phi) is 6.53. The lowest BCUT2D eigenvalue weighted by molar-refractivity contribution is -0.139. The van der Waals surface area contributed by atoms with Crippen LogP contribution in [0.15, 0.2) is 0 Å². The first-order valence-electron chi connectivity index (χ1n) is 9.11. The fourth-order valence-corrected chi connectivity index (χ4v) is 4.22. The number of amides is 1. The van der Waals surface area contributed by atoms with Gasteiger partial charge in [0.25, 0.3) is 0 Å². The summed E-state index contributed by atoms with van der Waals surface area (Å²) in [5.74, 6) is 2.24. The molecule has 21 heavy (non-hydrogen) atoms. The minimum Gasteiger partial charge on any atom is -0.342 e. The lowest BCUT2D eigenvalue weighted by atomic mass is 9.79. The van der Waals surface area contributed by atoms with E-state index in [1.165, 1.54) is 32.1 Å². The molecule has 2 unspecified atom stereocenters. The quantitative estimate of drug-likeness (QED) is 0.842. The highest BCUT2D eigenvalue weighted by atomic mass is 16.2. The maximum Gasteiger partial charge on any atom is 0.225 e. The van der Waals surface area contributed by atoms with E-state index in [1.54, 1.807) is 0 Å². The van der Waals surface area contributed by atoms with Crippen LogP contribution in [-0.4, -0.2) is 37.0 Å². The highest BCUT2D eigenvalue weighted by molar-refractivity contribution is 5.79. The van der Waals surface area contributed by atoms with Gasteiger partial charge in [-0.1, -0.05) is 33.1 Å². The van der Waals surface area contributed by atoms with E-state index < -0.39 is 0 Å². The molecule has 3 nitrogen and oxygen atoms in total. The van der Waals surface area contributed by atoms with E-state index in [-0.39, 0.29) is 0 Å². The normalized spacial score (nSPS) is 34.0. The smallest absolute Gasteiger partial charge is 0.225 e. The lowest BCUT2D eigenvalue weighted by Gasteiger charge is -2.39. The van der Waals surface area contributed by atoms with Crippen LogP contribution in [0.4, 0.5) is 0 Å². The van der Waals surface area contributed by atoms with Gasteiger partial charge >= 0.3 is 0 Å². The van der Waals surface area contributed by atoms with Crippen LogP contribution < -0.4 is 5.32 Å². The Balaban J connectivity index is 1.77. The summed E-state index contributed by atoms with van der Waals surface area (Å²) >= 11 is 0. The number of carbonyl (C=O) groups excluding carboxylic acids is 1. The second-order valence-electron chi connectivity index (χ2n) is 7.31. The number of hydrogen-bond acceptors (Lipinski definition) is 2. The molecular formula is C18H34N2O. The van der Waals surface area contributed by atoms with Crippen molar-refractivity contribution >= 4 is 5.91 Å². The summed E-state index contributed by atoms with van der Waals surface area (Å²) in [6.45, 7) is 6.43. The van der Waals surface area contributed by atoms with Crippen molar-refractivity contribution in [3.05, 3.63) is 0 Å². The van der Waals surface area contributed by atoms with Crippen LogP contribution in [0.25, 0.3) is 0 Å². The molecule has 1 N–H and O–H groups in total. The van der Waals surface area contributed by atoms with Crippen molar-refractivity contribution in [2.45, 2.75) is 71.3 Å². The third-order valence-corrected chi connectivity index (χ3v) is 5.75. The van der Waals surface area contributed by atoms with E-state index in [0.717, 1.165) is 38.3 Å². The van der Waals surface area contributed by atoms with Crippen LogP contribution in [0.1, 0.15) is 65.2 Å². The molecule has 1 heterocycles. The number of likely N-dealkylation sites (tertiary alicyclic amines) is 1. The van der Waals surface area contributed by atoms with Gasteiger partial charge < -0.3 is 10.2 Å². The average Bonchev–Trinajstić information content (AvgIpc) is 2.52. The Labute approximate surface area is 130 Å². The molecule has 2 rings (SSSR count). The molecule has 0 aromatic rings. The zero-order chi connectivity index (χ0) is 15.2. The second kappa shape index (κ2) is 8.17. The molecule has 122 valence electrons. The second-order valence-corrected chi connectivity index (χ2v) is 7.31. The van der Waals surface area contributed by atoms with Crippen LogP contribution in [-0.2, 0) is 4.79 Å². The van der Waals surface area contributed by atoms with Crippen LogP contribution in [0.2, 0.25) is 0 Å². The van der Waals surface area contributed by atoms with Gasteiger partial charge in [0, 0.05) is 25.0 Å². The summed E-state index contributed by atoms with van der Waals surface area (Å²) in [6.07, 6.45) is 9.96. The van der Waals surface area contributed by atoms with Crippen molar-refractivity contribution in [2.75, 3.05) is 20.1 Å². The molecule has 1 aliphatic heterocycles. The number of unbranched alkanes of at least 4 members (excludes halogenated alkanes) is 1. The summed E-state index contributed by atoms with van der Waals surface area (Å²) in [7, 11) is 2.04. The van der Waals surface area contributed by atoms with Gasteiger partial charge in [0.1, 0.15) is 0 Å². The molecule has 2 aliphatic rings. The molecule has 3 heteroatoms. The van der Waals surface area contributed by atoms with Crippen molar-refractivity contribution in [3.8, 4) is 0 Å². The minimum absolute atomic E-state index is 0.321. The average molecular weight is 294 g/mol. The minimum atomic E-state index is 0.321. The van der Waals surface area contributed by atoms with Gasteiger partial charge in [-0.2, -0.15) is 0 Å². The predicted octanol–water partition coefficient (Wildman–Crippen LogP) is 3.44. The molecule has 1 aliphatic carbocycles. The fourth-order valence-electron chi connectivity index (χ4n) is 4.22. The Morgan fingerprint density at radius 2 is 1.90 bits per heavy atom. The fraction of sp³-hybridized carbons (Fsp3) is 0.944. The predicted molar refractivity (Wildman–Crippen MR) is 88.2 cm³/mol. The largest absolute Gasteiger partial charge is 0.342 e. The van der Waals surface area contributed by atoms with E-state index in [1.807, 2.05) is 7.05 Å². The number of hydrogen-bond donors (Lipinski definition) is 1. The van der Waals surface area contributed by atoms with E-state index in [4.69, 9.17) is 0 Å². The third-order valence-electron chi connectivity index (χ3n) is 5.75. The van der Waals surface area contributed by atoms with Crippen LogP contribution in [0.5, 0.6) is 0 Å². The Morgan fingerprint density at radius 3 is 2.48 bits per heavy atom. The van der Waals surface area contributed by atoms with Crippen molar-refractivity contribution in [1.82, 2.24) is 10.2 Å². The summed E-state index contributed by atoms with van der Waals surface area (Å²) < 4.78 is 0. The van der Waals surface area contributed by atoms with Crippen molar-refractivity contribution in [2.24, 2.45) is 17.8 Å².